The van der Waals surface area contributed by atoms with Crippen molar-refractivity contribution in [2.24, 2.45) is 5.41 Å². The summed E-state index contributed by atoms with van der Waals surface area (Å²) < 4.78 is 9.52. The van der Waals surface area contributed by atoms with Gasteiger partial charge in [-0.2, -0.15) is 0 Å². The molecule has 0 aliphatic rings. The molecule has 0 amide bonds. The molecular formula is C7H14O4. The van der Waals surface area contributed by atoms with Gasteiger partial charge in [0.1, 0.15) is 5.41 Å². The first kappa shape index (κ1) is 10.4. The van der Waals surface area contributed by atoms with E-state index < -0.39 is 11.4 Å². The second-order valence-corrected chi connectivity index (χ2v) is 2.73. The lowest BCUT2D eigenvalue weighted by Crippen LogP contribution is -2.36. The van der Waals surface area contributed by atoms with Crippen molar-refractivity contribution in [1.82, 2.24) is 0 Å². The molecule has 4 heteroatoms. The Morgan fingerprint density at radius 3 is 1.91 bits per heavy atom. The molecule has 0 saturated heterocycles. The lowest BCUT2D eigenvalue weighted by atomic mass is 9.93. The second kappa shape index (κ2) is 4.31. The molecule has 0 atom stereocenters. The number of ether oxygens (including phenoxy) is 2. The van der Waals surface area contributed by atoms with E-state index in [1.165, 1.54) is 14.2 Å². The summed E-state index contributed by atoms with van der Waals surface area (Å²) >= 11 is 0. The summed E-state index contributed by atoms with van der Waals surface area (Å²) in [5.74, 6) is -0.902. The number of hydrogen-bond donors (Lipinski definition) is 1. The third kappa shape index (κ3) is 2.86. The number of methoxy groups -OCH3 is 2. The number of carbonyl (C=O) groups is 1. The normalized spacial score (nSPS) is 11.5. The van der Waals surface area contributed by atoms with Gasteiger partial charge in [0, 0.05) is 14.2 Å². The van der Waals surface area contributed by atoms with Crippen molar-refractivity contribution in [3.05, 3.63) is 0 Å². The molecule has 0 aromatic rings. The van der Waals surface area contributed by atoms with Gasteiger partial charge >= 0.3 is 5.97 Å². The quantitative estimate of drug-likeness (QED) is 0.634. The van der Waals surface area contributed by atoms with Gasteiger partial charge in [0.15, 0.2) is 0 Å². The number of hydrogen-bond acceptors (Lipinski definition) is 3. The van der Waals surface area contributed by atoms with Crippen LogP contribution in [-0.2, 0) is 14.3 Å². The van der Waals surface area contributed by atoms with Crippen molar-refractivity contribution in [3.8, 4) is 0 Å². The molecule has 4 nitrogen and oxygen atoms in total. The monoisotopic (exact) mass is 162 g/mol. The molecule has 0 aliphatic heterocycles. The standard InChI is InChI=1S/C7H14O4/c1-7(4-10-2,5-11-3)6(8)9/h4-5H2,1-3H3,(H,8,9). The highest BCUT2D eigenvalue weighted by atomic mass is 16.5. The smallest absolute Gasteiger partial charge is 0.314 e. The average molecular weight is 162 g/mol. The zero-order valence-electron chi connectivity index (χ0n) is 7.09. The van der Waals surface area contributed by atoms with Crippen LogP contribution in [0, 0.1) is 5.41 Å². The largest absolute Gasteiger partial charge is 0.481 e. The van der Waals surface area contributed by atoms with Crippen LogP contribution in [0.2, 0.25) is 0 Å². The first-order valence-electron chi connectivity index (χ1n) is 3.28. The molecule has 0 rings (SSSR count). The second-order valence-electron chi connectivity index (χ2n) is 2.73. The van der Waals surface area contributed by atoms with Crippen LogP contribution >= 0.6 is 0 Å². The van der Waals surface area contributed by atoms with Gasteiger partial charge in [0.2, 0.25) is 0 Å². The summed E-state index contributed by atoms with van der Waals surface area (Å²) in [5, 5.41) is 8.73. The molecular weight excluding hydrogens is 148 g/mol. The topological polar surface area (TPSA) is 55.8 Å². The van der Waals surface area contributed by atoms with E-state index in [0.717, 1.165) is 0 Å². The molecule has 0 aliphatic carbocycles. The summed E-state index contributed by atoms with van der Waals surface area (Å²) in [6, 6.07) is 0. The molecule has 0 fully saturated rings. The van der Waals surface area contributed by atoms with Crippen molar-refractivity contribution < 1.29 is 19.4 Å². The van der Waals surface area contributed by atoms with E-state index >= 15 is 0 Å². The Kier molecular flexibility index (Phi) is 4.07. The van der Waals surface area contributed by atoms with Crippen LogP contribution in [0.25, 0.3) is 0 Å². The van der Waals surface area contributed by atoms with Crippen molar-refractivity contribution in [2.75, 3.05) is 27.4 Å². The van der Waals surface area contributed by atoms with Gasteiger partial charge in [-0.15, -0.1) is 0 Å². The molecule has 66 valence electrons. The zero-order chi connectivity index (χ0) is 8.91. The average Bonchev–Trinajstić information content (AvgIpc) is 1.88. The number of carboxylic acid groups (broad SMARTS) is 1. The van der Waals surface area contributed by atoms with Crippen LogP contribution in [0.15, 0.2) is 0 Å². The van der Waals surface area contributed by atoms with Crippen LogP contribution in [0.5, 0.6) is 0 Å². The highest BCUT2D eigenvalue weighted by Gasteiger charge is 2.33. The molecule has 11 heavy (non-hydrogen) atoms. The minimum absolute atomic E-state index is 0.163. The van der Waals surface area contributed by atoms with Gasteiger partial charge in [-0.25, -0.2) is 0 Å². The van der Waals surface area contributed by atoms with Crippen LogP contribution in [0.4, 0.5) is 0 Å². The maximum Gasteiger partial charge on any atom is 0.314 e. The molecule has 1 N–H and O–H groups in total. The summed E-state index contributed by atoms with van der Waals surface area (Å²) in [6.45, 7) is 1.91. The number of carboxylic acids is 1. The lowest BCUT2D eigenvalue weighted by Gasteiger charge is -2.22. The van der Waals surface area contributed by atoms with Gasteiger partial charge in [0.25, 0.3) is 0 Å². The van der Waals surface area contributed by atoms with E-state index in [1.54, 1.807) is 6.92 Å². The molecule has 0 spiro atoms. The third-order valence-corrected chi connectivity index (χ3v) is 1.44. The first-order valence-corrected chi connectivity index (χ1v) is 3.28. The third-order valence-electron chi connectivity index (χ3n) is 1.44. The molecule has 0 aromatic heterocycles. The Hall–Kier alpha value is -0.610. The predicted molar refractivity (Wildman–Crippen MR) is 39.5 cm³/mol. The van der Waals surface area contributed by atoms with Gasteiger partial charge in [-0.3, -0.25) is 4.79 Å². The van der Waals surface area contributed by atoms with Crippen LogP contribution in [0.3, 0.4) is 0 Å². The van der Waals surface area contributed by atoms with E-state index in [4.69, 9.17) is 14.6 Å². The van der Waals surface area contributed by atoms with E-state index in [1.807, 2.05) is 0 Å². The molecule has 0 heterocycles. The van der Waals surface area contributed by atoms with Gasteiger partial charge in [-0.1, -0.05) is 0 Å². The maximum atomic E-state index is 10.6. The molecule has 0 saturated carbocycles. The van der Waals surface area contributed by atoms with Crippen LogP contribution in [-0.4, -0.2) is 38.5 Å². The van der Waals surface area contributed by atoms with E-state index in [2.05, 4.69) is 0 Å². The van der Waals surface area contributed by atoms with E-state index in [0.29, 0.717) is 0 Å². The summed E-state index contributed by atoms with van der Waals surface area (Å²) in [5.41, 5.74) is -0.927. The zero-order valence-corrected chi connectivity index (χ0v) is 7.09. The van der Waals surface area contributed by atoms with E-state index in [9.17, 15) is 4.79 Å². The van der Waals surface area contributed by atoms with E-state index in [-0.39, 0.29) is 13.2 Å². The highest BCUT2D eigenvalue weighted by Crippen LogP contribution is 2.16. The minimum atomic E-state index is -0.927. The van der Waals surface area contributed by atoms with Crippen molar-refractivity contribution in [3.63, 3.8) is 0 Å². The van der Waals surface area contributed by atoms with Crippen molar-refractivity contribution in [1.29, 1.82) is 0 Å². The Balaban J connectivity index is 4.13. The maximum absolute atomic E-state index is 10.6. The van der Waals surface area contributed by atoms with Crippen molar-refractivity contribution >= 4 is 5.97 Å². The lowest BCUT2D eigenvalue weighted by molar-refractivity contribution is -0.154. The Morgan fingerprint density at radius 2 is 1.73 bits per heavy atom. The number of rotatable bonds is 5. The number of aliphatic carboxylic acids is 1. The summed E-state index contributed by atoms with van der Waals surface area (Å²) in [7, 11) is 2.94. The van der Waals surface area contributed by atoms with Gasteiger partial charge in [-0.05, 0) is 6.92 Å². The Bertz CT molecular complexity index is 126. The summed E-state index contributed by atoms with van der Waals surface area (Å²) in [6.07, 6.45) is 0. The molecule has 0 radical (unpaired) electrons. The van der Waals surface area contributed by atoms with Crippen molar-refractivity contribution in [2.45, 2.75) is 6.92 Å². The SMILES string of the molecule is COCC(C)(COC)C(=O)O. The highest BCUT2D eigenvalue weighted by molar-refractivity contribution is 5.74. The molecule has 0 bridgehead atoms. The summed E-state index contributed by atoms with van der Waals surface area (Å²) in [4.78, 5) is 10.6. The van der Waals surface area contributed by atoms with Gasteiger partial charge in [0.05, 0.1) is 13.2 Å². The van der Waals surface area contributed by atoms with Crippen LogP contribution < -0.4 is 0 Å². The Morgan fingerprint density at radius 1 is 1.36 bits per heavy atom. The fourth-order valence-electron chi connectivity index (χ4n) is 0.802. The molecule has 0 aromatic carbocycles. The predicted octanol–water partition coefficient (Wildman–Crippen LogP) is 0.370. The van der Waals surface area contributed by atoms with Crippen LogP contribution in [0.1, 0.15) is 6.92 Å². The minimum Gasteiger partial charge on any atom is -0.481 e. The fourth-order valence-corrected chi connectivity index (χ4v) is 0.802. The molecule has 0 unspecified atom stereocenters. The fraction of sp³-hybridized carbons (Fsp3) is 0.857. The Labute approximate surface area is 66.1 Å². The first-order chi connectivity index (χ1) is 5.06. The van der Waals surface area contributed by atoms with Gasteiger partial charge < -0.3 is 14.6 Å².